The van der Waals surface area contributed by atoms with Crippen LogP contribution in [0.4, 0.5) is 0 Å². The highest BCUT2D eigenvalue weighted by Crippen LogP contribution is 2.43. The lowest BCUT2D eigenvalue weighted by Crippen LogP contribution is -2.49. The van der Waals surface area contributed by atoms with Crippen LogP contribution in [0.25, 0.3) is 0 Å². The zero-order valence-electron chi connectivity index (χ0n) is 9.59. The van der Waals surface area contributed by atoms with Gasteiger partial charge in [-0.3, -0.25) is 0 Å². The Morgan fingerprint density at radius 2 is 2.29 bits per heavy atom. The van der Waals surface area contributed by atoms with Crippen molar-refractivity contribution in [3.05, 3.63) is 46.4 Å². The summed E-state index contributed by atoms with van der Waals surface area (Å²) in [6.45, 7) is 2.74. The number of nitrogens with two attached hydrogens (primary N) is 1. The number of thiazole rings is 1. The minimum atomic E-state index is -0.525. The van der Waals surface area contributed by atoms with Crippen LogP contribution in [0.1, 0.15) is 17.5 Å². The van der Waals surface area contributed by atoms with Gasteiger partial charge in [-0.2, -0.15) is 0 Å². The fraction of sp³-hybridized carbons (Fsp3) is 0.308. The largest absolute Gasteiger partial charge is 0.493 e. The first kappa shape index (κ1) is 10.7. The van der Waals surface area contributed by atoms with Crippen molar-refractivity contribution < 1.29 is 4.74 Å². The Labute approximate surface area is 104 Å². The Balaban J connectivity index is 2.21. The third kappa shape index (κ3) is 1.48. The van der Waals surface area contributed by atoms with Gasteiger partial charge in [-0.15, -0.1) is 11.3 Å². The first-order valence-electron chi connectivity index (χ1n) is 5.64. The summed E-state index contributed by atoms with van der Waals surface area (Å²) < 4.78 is 5.73. The van der Waals surface area contributed by atoms with Gasteiger partial charge in [-0.05, 0) is 6.07 Å². The van der Waals surface area contributed by atoms with E-state index in [9.17, 15) is 0 Å². The van der Waals surface area contributed by atoms with Gasteiger partial charge in [0.1, 0.15) is 16.3 Å². The lowest BCUT2D eigenvalue weighted by atomic mass is 9.78. The van der Waals surface area contributed by atoms with Crippen molar-refractivity contribution in [1.82, 2.24) is 4.98 Å². The normalized spacial score (nSPS) is 27.3. The van der Waals surface area contributed by atoms with Crippen molar-refractivity contribution in [2.24, 2.45) is 11.7 Å². The second-order valence-electron chi connectivity index (χ2n) is 4.41. The molecule has 0 fully saturated rings. The predicted octanol–water partition coefficient (Wildman–Crippen LogP) is 2.37. The van der Waals surface area contributed by atoms with E-state index in [1.165, 1.54) is 0 Å². The van der Waals surface area contributed by atoms with Gasteiger partial charge < -0.3 is 10.5 Å². The highest BCUT2D eigenvalue weighted by molar-refractivity contribution is 7.09. The van der Waals surface area contributed by atoms with E-state index in [-0.39, 0.29) is 5.92 Å². The van der Waals surface area contributed by atoms with Gasteiger partial charge in [0.25, 0.3) is 0 Å². The van der Waals surface area contributed by atoms with E-state index in [0.29, 0.717) is 6.61 Å². The smallest absolute Gasteiger partial charge is 0.124 e. The lowest BCUT2D eigenvalue weighted by Gasteiger charge is -2.39. The molecule has 2 unspecified atom stereocenters. The summed E-state index contributed by atoms with van der Waals surface area (Å²) in [6, 6.07) is 7.97. The van der Waals surface area contributed by atoms with Crippen LogP contribution in [0.2, 0.25) is 0 Å². The molecule has 0 amide bonds. The number of aromatic nitrogens is 1. The van der Waals surface area contributed by atoms with E-state index in [4.69, 9.17) is 10.5 Å². The van der Waals surface area contributed by atoms with Crippen molar-refractivity contribution in [2.45, 2.75) is 12.5 Å². The summed E-state index contributed by atoms with van der Waals surface area (Å²) in [4.78, 5) is 4.40. The molecule has 0 saturated heterocycles. The van der Waals surface area contributed by atoms with Gasteiger partial charge in [-0.1, -0.05) is 25.1 Å². The van der Waals surface area contributed by atoms with Gasteiger partial charge >= 0.3 is 0 Å². The van der Waals surface area contributed by atoms with Crippen molar-refractivity contribution in [2.75, 3.05) is 6.61 Å². The molecule has 2 N–H and O–H groups in total. The Morgan fingerprint density at radius 1 is 1.47 bits per heavy atom. The van der Waals surface area contributed by atoms with E-state index in [2.05, 4.69) is 11.9 Å². The van der Waals surface area contributed by atoms with Crippen LogP contribution in [-0.4, -0.2) is 11.6 Å². The fourth-order valence-electron chi connectivity index (χ4n) is 2.30. The van der Waals surface area contributed by atoms with E-state index in [0.717, 1.165) is 16.3 Å². The summed E-state index contributed by atoms with van der Waals surface area (Å²) in [7, 11) is 0. The average molecular weight is 246 g/mol. The Hall–Kier alpha value is -1.39. The molecule has 1 aliphatic heterocycles. The maximum absolute atomic E-state index is 6.65. The van der Waals surface area contributed by atoms with Crippen LogP contribution in [0.15, 0.2) is 35.8 Å². The van der Waals surface area contributed by atoms with Crippen LogP contribution in [0, 0.1) is 5.92 Å². The second-order valence-corrected chi connectivity index (χ2v) is 5.31. The predicted molar refractivity (Wildman–Crippen MR) is 68.2 cm³/mol. The van der Waals surface area contributed by atoms with Gasteiger partial charge in [-0.25, -0.2) is 4.98 Å². The fourth-order valence-corrected chi connectivity index (χ4v) is 3.18. The molecule has 2 heterocycles. The number of hydrogen-bond acceptors (Lipinski definition) is 4. The number of para-hydroxylation sites is 1. The molecule has 4 heteroatoms. The molecule has 0 spiro atoms. The molecule has 3 nitrogen and oxygen atoms in total. The molecule has 2 atom stereocenters. The minimum absolute atomic E-state index is 0.212. The molecule has 88 valence electrons. The van der Waals surface area contributed by atoms with Crippen LogP contribution in [0.3, 0.4) is 0 Å². The van der Waals surface area contributed by atoms with Crippen LogP contribution in [0.5, 0.6) is 5.75 Å². The second kappa shape index (κ2) is 3.82. The maximum atomic E-state index is 6.65. The molecular formula is C13H14N2OS. The number of rotatable bonds is 1. The third-order valence-corrected chi connectivity index (χ3v) is 4.31. The standard InChI is InChI=1S/C13H14N2OS/c1-9-8-16-11-5-3-2-4-10(11)13(9,14)12-15-6-7-17-12/h2-7,9H,8,14H2,1H3. The highest BCUT2D eigenvalue weighted by atomic mass is 32.1. The minimum Gasteiger partial charge on any atom is -0.493 e. The molecule has 1 aromatic heterocycles. The van der Waals surface area contributed by atoms with E-state index < -0.39 is 5.54 Å². The van der Waals surface area contributed by atoms with Crippen molar-refractivity contribution in [3.8, 4) is 5.75 Å². The number of ether oxygens (including phenoxy) is 1. The molecule has 0 saturated carbocycles. The van der Waals surface area contributed by atoms with Gasteiger partial charge in [0.15, 0.2) is 0 Å². The van der Waals surface area contributed by atoms with Crippen LogP contribution < -0.4 is 10.5 Å². The van der Waals surface area contributed by atoms with Gasteiger partial charge in [0, 0.05) is 23.1 Å². The number of benzene rings is 1. The molecule has 3 rings (SSSR count). The summed E-state index contributed by atoms with van der Waals surface area (Å²) in [6.07, 6.45) is 1.80. The summed E-state index contributed by atoms with van der Waals surface area (Å²) in [5, 5.41) is 2.93. The SMILES string of the molecule is CC1COc2ccccc2C1(N)c1nccs1. The van der Waals surface area contributed by atoms with Gasteiger partial charge in [0.2, 0.25) is 0 Å². The average Bonchev–Trinajstić information content (AvgIpc) is 2.88. The molecule has 1 aromatic carbocycles. The van der Waals surface area contributed by atoms with E-state index in [1.54, 1.807) is 17.5 Å². The summed E-state index contributed by atoms with van der Waals surface area (Å²) >= 11 is 1.60. The quantitative estimate of drug-likeness (QED) is 0.840. The van der Waals surface area contributed by atoms with Crippen molar-refractivity contribution >= 4 is 11.3 Å². The lowest BCUT2D eigenvalue weighted by molar-refractivity contribution is 0.168. The van der Waals surface area contributed by atoms with E-state index >= 15 is 0 Å². The first-order chi connectivity index (χ1) is 8.23. The van der Waals surface area contributed by atoms with Crippen LogP contribution in [-0.2, 0) is 5.54 Å². The molecular weight excluding hydrogens is 232 g/mol. The number of fused-ring (bicyclic) bond motifs is 1. The topological polar surface area (TPSA) is 48.1 Å². The van der Waals surface area contributed by atoms with Gasteiger partial charge in [0.05, 0.1) is 6.61 Å². The molecule has 0 radical (unpaired) electrons. The molecule has 2 aromatic rings. The Bertz CT molecular complexity index is 526. The number of nitrogens with zero attached hydrogens (tertiary/aromatic N) is 1. The maximum Gasteiger partial charge on any atom is 0.124 e. The monoisotopic (exact) mass is 246 g/mol. The highest BCUT2D eigenvalue weighted by Gasteiger charge is 2.43. The number of hydrogen-bond donors (Lipinski definition) is 1. The zero-order valence-corrected chi connectivity index (χ0v) is 10.4. The Kier molecular flexibility index (Phi) is 2.42. The molecule has 0 aliphatic carbocycles. The third-order valence-electron chi connectivity index (χ3n) is 3.39. The Morgan fingerprint density at radius 3 is 3.06 bits per heavy atom. The first-order valence-corrected chi connectivity index (χ1v) is 6.52. The summed E-state index contributed by atoms with van der Waals surface area (Å²) in [5.41, 5.74) is 7.16. The zero-order chi connectivity index (χ0) is 11.9. The van der Waals surface area contributed by atoms with Crippen LogP contribution >= 0.6 is 11.3 Å². The van der Waals surface area contributed by atoms with Crippen molar-refractivity contribution in [1.29, 1.82) is 0 Å². The molecule has 1 aliphatic rings. The molecule has 0 bridgehead atoms. The summed E-state index contributed by atoms with van der Waals surface area (Å²) in [5.74, 6) is 1.09. The van der Waals surface area contributed by atoms with Crippen molar-refractivity contribution in [3.63, 3.8) is 0 Å². The van der Waals surface area contributed by atoms with E-state index in [1.807, 2.05) is 29.6 Å². The molecule has 17 heavy (non-hydrogen) atoms.